The third-order valence-electron chi connectivity index (χ3n) is 8.92. The predicted molar refractivity (Wildman–Crippen MR) is 138 cm³/mol. The van der Waals surface area contributed by atoms with Gasteiger partial charge in [0.15, 0.2) is 0 Å². The summed E-state index contributed by atoms with van der Waals surface area (Å²) in [6.07, 6.45) is -5.02. The second-order valence-corrected chi connectivity index (χ2v) is 11.6. The third kappa shape index (κ3) is 6.33. The van der Waals surface area contributed by atoms with Crippen LogP contribution in [0.2, 0.25) is 0 Å². The summed E-state index contributed by atoms with van der Waals surface area (Å²) in [6.45, 7) is 4.20. The first-order valence-corrected chi connectivity index (χ1v) is 13.9. The maximum Gasteiger partial charge on any atom is 0.416 e. The molecule has 40 heavy (non-hydrogen) atoms. The van der Waals surface area contributed by atoms with E-state index in [1.807, 2.05) is 4.90 Å². The number of aliphatic carboxylic acids is 1. The lowest BCUT2D eigenvalue weighted by atomic mass is 9.81. The van der Waals surface area contributed by atoms with Gasteiger partial charge in [-0.2, -0.15) is 26.3 Å². The van der Waals surface area contributed by atoms with Crippen LogP contribution in [0.5, 0.6) is 0 Å². The Morgan fingerprint density at radius 1 is 0.925 bits per heavy atom. The van der Waals surface area contributed by atoms with Gasteiger partial charge in [-0.25, -0.2) is 0 Å². The first kappa shape index (κ1) is 28.9. The lowest BCUT2D eigenvalue weighted by Gasteiger charge is -2.41. The molecule has 2 aromatic rings. The number of rotatable bonds is 7. The first-order valence-electron chi connectivity index (χ1n) is 13.9. The van der Waals surface area contributed by atoms with Crippen LogP contribution in [0.25, 0.3) is 0 Å². The zero-order valence-corrected chi connectivity index (χ0v) is 22.4. The Kier molecular flexibility index (Phi) is 7.96. The number of carbonyl (C=O) groups is 1. The van der Waals surface area contributed by atoms with Crippen LogP contribution >= 0.6 is 0 Å². The molecule has 218 valence electrons. The molecule has 0 aromatic heterocycles. The zero-order chi connectivity index (χ0) is 28.8. The average Bonchev–Trinajstić information content (AvgIpc) is 3.73. The van der Waals surface area contributed by atoms with Crippen LogP contribution in [0, 0.1) is 11.8 Å². The monoisotopic (exact) mass is 568 g/mol. The van der Waals surface area contributed by atoms with Crippen LogP contribution in [0.4, 0.5) is 26.3 Å². The Balaban J connectivity index is 1.24. The van der Waals surface area contributed by atoms with Crippen LogP contribution in [-0.2, 0) is 36.7 Å². The van der Waals surface area contributed by atoms with E-state index in [1.54, 1.807) is 6.92 Å². The van der Waals surface area contributed by atoms with Gasteiger partial charge >= 0.3 is 18.3 Å². The maximum atomic E-state index is 13.5. The SMILES string of the molecule is C[C@H](C(=O)O)[C@H](c1ccc2c(c1)CN(C1CCN(Cc3cc(C(F)(F)F)ccc3C(F)(F)F)CC1)CC2)C1CC1. The summed E-state index contributed by atoms with van der Waals surface area (Å²) in [5, 5.41) is 9.64. The molecule has 10 heteroatoms. The number of likely N-dealkylation sites (tertiary alicyclic amines) is 1. The molecule has 0 bridgehead atoms. The minimum absolute atomic E-state index is 0.00106. The number of hydrogen-bond acceptors (Lipinski definition) is 3. The highest BCUT2D eigenvalue weighted by Crippen LogP contribution is 2.47. The van der Waals surface area contributed by atoms with E-state index in [0.29, 0.717) is 37.2 Å². The number of piperidine rings is 1. The number of hydrogen-bond donors (Lipinski definition) is 1. The molecule has 5 rings (SSSR count). The van der Waals surface area contributed by atoms with E-state index in [0.717, 1.165) is 50.8 Å². The summed E-state index contributed by atoms with van der Waals surface area (Å²) in [7, 11) is 0. The molecule has 2 heterocycles. The normalized spacial score (nSPS) is 21.2. The van der Waals surface area contributed by atoms with Gasteiger partial charge < -0.3 is 5.11 Å². The van der Waals surface area contributed by atoms with Gasteiger partial charge in [0, 0.05) is 25.7 Å². The minimum atomic E-state index is -4.72. The topological polar surface area (TPSA) is 43.8 Å². The van der Waals surface area contributed by atoms with Crippen molar-refractivity contribution in [1.29, 1.82) is 0 Å². The molecule has 4 nitrogen and oxygen atoms in total. The number of benzene rings is 2. The molecule has 1 N–H and O–H groups in total. The minimum Gasteiger partial charge on any atom is -0.481 e. The fourth-order valence-electron chi connectivity index (χ4n) is 6.56. The van der Waals surface area contributed by atoms with Gasteiger partial charge in [0.05, 0.1) is 17.0 Å². The highest BCUT2D eigenvalue weighted by molar-refractivity contribution is 5.71. The van der Waals surface area contributed by atoms with Crippen molar-refractivity contribution in [2.45, 2.75) is 76.4 Å². The molecule has 0 radical (unpaired) electrons. The van der Waals surface area contributed by atoms with E-state index in [1.165, 1.54) is 11.1 Å². The van der Waals surface area contributed by atoms with Gasteiger partial charge in [-0.15, -0.1) is 0 Å². The molecule has 2 fully saturated rings. The third-order valence-corrected chi connectivity index (χ3v) is 8.92. The van der Waals surface area contributed by atoms with Crippen molar-refractivity contribution < 1.29 is 36.2 Å². The Morgan fingerprint density at radius 2 is 1.62 bits per heavy atom. The summed E-state index contributed by atoms with van der Waals surface area (Å²) in [5.41, 5.74) is 1.11. The Hall–Kier alpha value is -2.59. The maximum absolute atomic E-state index is 13.5. The summed E-state index contributed by atoms with van der Waals surface area (Å²) in [6, 6.07) is 8.27. The molecule has 1 saturated heterocycles. The number of carboxylic acids is 1. The summed E-state index contributed by atoms with van der Waals surface area (Å²) in [5.74, 6) is -0.832. The molecule has 1 aliphatic carbocycles. The van der Waals surface area contributed by atoms with E-state index >= 15 is 0 Å². The molecule has 3 aliphatic rings. The highest BCUT2D eigenvalue weighted by atomic mass is 19.4. The molecule has 0 unspecified atom stereocenters. The molecule has 1 saturated carbocycles. The molecule has 0 spiro atoms. The molecular weight excluding hydrogens is 534 g/mol. The van der Waals surface area contributed by atoms with Crippen LogP contribution < -0.4 is 0 Å². The number of carboxylic acid groups (broad SMARTS) is 1. The highest BCUT2D eigenvalue weighted by Gasteiger charge is 2.40. The van der Waals surface area contributed by atoms with Crippen LogP contribution in [0.15, 0.2) is 36.4 Å². The van der Waals surface area contributed by atoms with Crippen molar-refractivity contribution >= 4 is 5.97 Å². The summed E-state index contributed by atoms with van der Waals surface area (Å²) in [4.78, 5) is 15.9. The van der Waals surface area contributed by atoms with E-state index in [2.05, 4.69) is 23.1 Å². The number of halogens is 6. The van der Waals surface area contributed by atoms with Crippen LogP contribution in [-0.4, -0.2) is 46.6 Å². The smallest absolute Gasteiger partial charge is 0.416 e. The van der Waals surface area contributed by atoms with Crippen molar-refractivity contribution in [2.75, 3.05) is 19.6 Å². The average molecular weight is 569 g/mol. The predicted octanol–water partition coefficient (Wildman–Crippen LogP) is 6.96. The Labute approximate surface area is 230 Å². The Bertz CT molecular complexity index is 1230. The zero-order valence-electron chi connectivity index (χ0n) is 22.4. The van der Waals surface area contributed by atoms with Crippen LogP contribution in [0.1, 0.15) is 71.9 Å². The lowest BCUT2D eigenvalue weighted by Crippen LogP contribution is -2.46. The van der Waals surface area contributed by atoms with E-state index in [9.17, 15) is 36.2 Å². The lowest BCUT2D eigenvalue weighted by molar-refractivity contribution is -0.142. The fourth-order valence-corrected chi connectivity index (χ4v) is 6.56. The molecule has 2 atom stereocenters. The van der Waals surface area contributed by atoms with Gasteiger partial charge in [0.2, 0.25) is 0 Å². The largest absolute Gasteiger partial charge is 0.481 e. The standard InChI is InChI=1S/C30H34F6N2O2/c1-18(28(39)40)27(20-3-4-20)21-5-2-19-8-13-38(17-22(19)14-21)25-9-11-37(12-10-25)16-23-15-24(29(31,32)33)6-7-26(23)30(34,35)36/h2,5-7,14-15,18,20,25,27H,3-4,8-13,16-17H2,1H3,(H,39,40)/t18-,27-/m0/s1. The second kappa shape index (κ2) is 11.0. The summed E-state index contributed by atoms with van der Waals surface area (Å²) < 4.78 is 80.2. The van der Waals surface area contributed by atoms with Gasteiger partial charge in [-0.1, -0.05) is 25.1 Å². The van der Waals surface area contributed by atoms with Gasteiger partial charge in [-0.3, -0.25) is 14.6 Å². The number of nitrogens with zero attached hydrogens (tertiary/aromatic N) is 2. The van der Waals surface area contributed by atoms with Gasteiger partial charge in [-0.05, 0) is 97.5 Å². The molecule has 2 aliphatic heterocycles. The summed E-state index contributed by atoms with van der Waals surface area (Å²) >= 11 is 0. The van der Waals surface area contributed by atoms with Crippen molar-refractivity contribution in [3.05, 3.63) is 69.8 Å². The van der Waals surface area contributed by atoms with Crippen molar-refractivity contribution in [3.8, 4) is 0 Å². The molecule has 0 amide bonds. The number of fused-ring (bicyclic) bond motifs is 1. The molecule has 2 aromatic carbocycles. The number of alkyl halides is 6. The fraction of sp³-hybridized carbons (Fsp3) is 0.567. The van der Waals surface area contributed by atoms with Crippen molar-refractivity contribution in [1.82, 2.24) is 9.80 Å². The quantitative estimate of drug-likeness (QED) is 0.367. The first-order chi connectivity index (χ1) is 18.8. The van der Waals surface area contributed by atoms with Crippen molar-refractivity contribution in [2.24, 2.45) is 11.8 Å². The van der Waals surface area contributed by atoms with E-state index < -0.39 is 35.4 Å². The molecular formula is C30H34F6N2O2. The van der Waals surface area contributed by atoms with Crippen LogP contribution in [0.3, 0.4) is 0 Å². The second-order valence-electron chi connectivity index (χ2n) is 11.6. The Morgan fingerprint density at radius 3 is 2.23 bits per heavy atom. The van der Waals surface area contributed by atoms with Gasteiger partial charge in [0.1, 0.15) is 0 Å². The van der Waals surface area contributed by atoms with Gasteiger partial charge in [0.25, 0.3) is 0 Å². The van der Waals surface area contributed by atoms with E-state index in [4.69, 9.17) is 0 Å². The van der Waals surface area contributed by atoms with Crippen molar-refractivity contribution in [3.63, 3.8) is 0 Å². The van der Waals surface area contributed by atoms with E-state index in [-0.39, 0.29) is 24.1 Å².